The first kappa shape index (κ1) is 14.9. The number of nitrogens with zero attached hydrogens (tertiary/aromatic N) is 1. The second kappa shape index (κ2) is 7.29. The molecule has 1 saturated heterocycles. The zero-order valence-corrected chi connectivity index (χ0v) is 12.0. The molecule has 1 aliphatic rings. The van der Waals surface area contributed by atoms with Crippen molar-refractivity contribution in [2.45, 2.75) is 38.7 Å². The fraction of sp³-hybridized carbons (Fsp3) is 0.562. The summed E-state index contributed by atoms with van der Waals surface area (Å²) >= 11 is 0. The number of hydrogen-bond acceptors (Lipinski definition) is 3. The fourth-order valence-electron chi connectivity index (χ4n) is 2.40. The van der Waals surface area contributed by atoms with E-state index in [0.29, 0.717) is 12.2 Å². The normalized spacial score (nSPS) is 16.8. The molecule has 1 amide bonds. The Labute approximate surface area is 120 Å². The highest BCUT2D eigenvalue weighted by atomic mass is 16.5. The topological polar surface area (TPSA) is 49.8 Å². The van der Waals surface area contributed by atoms with Crippen molar-refractivity contribution >= 4 is 5.91 Å². The molecule has 4 heteroatoms. The van der Waals surface area contributed by atoms with Crippen LogP contribution >= 0.6 is 0 Å². The lowest BCUT2D eigenvalue weighted by atomic mass is 10.1. The van der Waals surface area contributed by atoms with E-state index in [1.54, 1.807) is 12.1 Å². The fourth-order valence-corrected chi connectivity index (χ4v) is 2.40. The molecular weight excluding hydrogens is 254 g/mol. The van der Waals surface area contributed by atoms with Gasteiger partial charge < -0.3 is 14.7 Å². The van der Waals surface area contributed by atoms with Gasteiger partial charge in [0.15, 0.2) is 6.61 Å². The molecule has 0 aromatic heterocycles. The third-order valence-corrected chi connectivity index (χ3v) is 3.72. The van der Waals surface area contributed by atoms with Gasteiger partial charge in [0, 0.05) is 13.1 Å². The molecule has 0 bridgehead atoms. The van der Waals surface area contributed by atoms with Gasteiger partial charge >= 0.3 is 0 Å². The van der Waals surface area contributed by atoms with Crippen LogP contribution in [0.5, 0.6) is 5.75 Å². The van der Waals surface area contributed by atoms with E-state index in [9.17, 15) is 9.90 Å². The number of likely N-dealkylation sites (tertiary alicyclic amines) is 1. The van der Waals surface area contributed by atoms with E-state index >= 15 is 0 Å². The maximum atomic E-state index is 12.0. The Morgan fingerprint density at radius 1 is 1.25 bits per heavy atom. The monoisotopic (exact) mass is 277 g/mol. The zero-order valence-electron chi connectivity index (χ0n) is 12.0. The Bertz CT molecular complexity index is 424. The molecule has 4 nitrogen and oxygen atoms in total. The maximum absolute atomic E-state index is 12.0. The molecule has 0 spiro atoms. The predicted octanol–water partition coefficient (Wildman–Crippen LogP) is 2.52. The summed E-state index contributed by atoms with van der Waals surface area (Å²) in [6, 6.07) is 7.29. The molecule has 110 valence electrons. The SMILES string of the molecule is CC[C@@H](O)c1ccc(OCC(=O)N2CCCCC2)cc1. The number of piperidine rings is 1. The highest BCUT2D eigenvalue weighted by molar-refractivity contribution is 5.77. The number of carbonyl (C=O) groups excluding carboxylic acids is 1. The van der Waals surface area contributed by atoms with Crippen molar-refractivity contribution in [2.75, 3.05) is 19.7 Å². The first-order chi connectivity index (χ1) is 9.70. The van der Waals surface area contributed by atoms with E-state index < -0.39 is 6.10 Å². The molecule has 1 atom stereocenters. The lowest BCUT2D eigenvalue weighted by Gasteiger charge is -2.26. The Hall–Kier alpha value is -1.55. The molecule has 0 unspecified atom stereocenters. The van der Waals surface area contributed by atoms with Crippen molar-refractivity contribution in [2.24, 2.45) is 0 Å². The summed E-state index contributed by atoms with van der Waals surface area (Å²) in [5.74, 6) is 0.727. The van der Waals surface area contributed by atoms with Crippen LogP contribution < -0.4 is 4.74 Å². The quantitative estimate of drug-likeness (QED) is 0.899. The minimum Gasteiger partial charge on any atom is -0.484 e. The van der Waals surface area contributed by atoms with E-state index in [0.717, 1.165) is 31.5 Å². The average molecular weight is 277 g/mol. The Balaban J connectivity index is 1.82. The van der Waals surface area contributed by atoms with Gasteiger partial charge in [0.25, 0.3) is 5.91 Å². The van der Waals surface area contributed by atoms with Gasteiger partial charge in [-0.3, -0.25) is 4.79 Å². The highest BCUT2D eigenvalue weighted by Crippen LogP contribution is 2.20. The van der Waals surface area contributed by atoms with Crippen molar-refractivity contribution in [1.82, 2.24) is 4.90 Å². The number of benzene rings is 1. The minimum atomic E-state index is -0.431. The third kappa shape index (κ3) is 3.97. The molecule has 1 aliphatic heterocycles. The molecule has 20 heavy (non-hydrogen) atoms. The summed E-state index contributed by atoms with van der Waals surface area (Å²) in [7, 11) is 0. The van der Waals surface area contributed by atoms with Crippen LogP contribution in [0.4, 0.5) is 0 Å². The number of aliphatic hydroxyl groups excluding tert-OH is 1. The maximum Gasteiger partial charge on any atom is 0.260 e. The zero-order chi connectivity index (χ0) is 14.4. The van der Waals surface area contributed by atoms with Gasteiger partial charge in [-0.1, -0.05) is 19.1 Å². The van der Waals surface area contributed by atoms with Gasteiger partial charge in [-0.2, -0.15) is 0 Å². The molecule has 1 N–H and O–H groups in total. The van der Waals surface area contributed by atoms with E-state index in [1.165, 1.54) is 6.42 Å². The van der Waals surface area contributed by atoms with Crippen molar-refractivity contribution in [3.63, 3.8) is 0 Å². The van der Waals surface area contributed by atoms with E-state index in [-0.39, 0.29) is 12.5 Å². The van der Waals surface area contributed by atoms with E-state index in [4.69, 9.17) is 4.74 Å². The smallest absolute Gasteiger partial charge is 0.260 e. The number of aliphatic hydroxyl groups is 1. The van der Waals surface area contributed by atoms with Gasteiger partial charge in [-0.05, 0) is 43.4 Å². The highest BCUT2D eigenvalue weighted by Gasteiger charge is 2.16. The summed E-state index contributed by atoms with van der Waals surface area (Å²) in [5.41, 5.74) is 0.877. The Morgan fingerprint density at radius 3 is 2.50 bits per heavy atom. The van der Waals surface area contributed by atoms with Gasteiger partial charge in [0.05, 0.1) is 6.10 Å². The average Bonchev–Trinajstić information content (AvgIpc) is 2.53. The minimum absolute atomic E-state index is 0.0577. The van der Waals surface area contributed by atoms with Crippen molar-refractivity contribution < 1.29 is 14.6 Å². The van der Waals surface area contributed by atoms with Crippen LogP contribution in [0.15, 0.2) is 24.3 Å². The van der Waals surface area contributed by atoms with Gasteiger partial charge in [0.1, 0.15) is 5.75 Å². The van der Waals surface area contributed by atoms with Crippen LogP contribution in [0.2, 0.25) is 0 Å². The Morgan fingerprint density at radius 2 is 1.90 bits per heavy atom. The number of ether oxygens (including phenoxy) is 1. The molecular formula is C16H23NO3. The summed E-state index contributed by atoms with van der Waals surface area (Å²) in [4.78, 5) is 13.8. The second-order valence-electron chi connectivity index (χ2n) is 5.22. The van der Waals surface area contributed by atoms with E-state index in [2.05, 4.69) is 0 Å². The molecule has 2 rings (SSSR count). The van der Waals surface area contributed by atoms with Crippen LogP contribution in [-0.2, 0) is 4.79 Å². The van der Waals surface area contributed by atoms with Crippen molar-refractivity contribution in [1.29, 1.82) is 0 Å². The largest absolute Gasteiger partial charge is 0.484 e. The molecule has 1 aromatic rings. The number of amides is 1. The van der Waals surface area contributed by atoms with Crippen LogP contribution in [0.3, 0.4) is 0 Å². The van der Waals surface area contributed by atoms with Crippen molar-refractivity contribution in [3.8, 4) is 5.75 Å². The molecule has 1 fully saturated rings. The molecule has 0 saturated carbocycles. The summed E-state index contributed by atoms with van der Waals surface area (Å²) in [6.07, 6.45) is 3.66. The second-order valence-corrected chi connectivity index (χ2v) is 5.22. The molecule has 1 heterocycles. The van der Waals surface area contributed by atoms with Gasteiger partial charge in [-0.25, -0.2) is 0 Å². The van der Waals surface area contributed by atoms with Gasteiger partial charge in [0.2, 0.25) is 0 Å². The Kier molecular flexibility index (Phi) is 5.41. The first-order valence-electron chi connectivity index (χ1n) is 7.39. The van der Waals surface area contributed by atoms with Crippen LogP contribution in [0.25, 0.3) is 0 Å². The van der Waals surface area contributed by atoms with Gasteiger partial charge in [-0.15, -0.1) is 0 Å². The lowest BCUT2D eigenvalue weighted by Crippen LogP contribution is -2.38. The summed E-state index contributed by atoms with van der Waals surface area (Å²) in [6.45, 7) is 3.73. The van der Waals surface area contributed by atoms with Crippen LogP contribution in [0, 0.1) is 0 Å². The number of hydrogen-bond donors (Lipinski definition) is 1. The standard InChI is InChI=1S/C16H23NO3/c1-2-15(18)13-6-8-14(9-7-13)20-12-16(19)17-10-4-3-5-11-17/h6-9,15,18H,2-5,10-12H2,1H3/t15-/m1/s1. The van der Waals surface area contributed by atoms with Crippen LogP contribution in [-0.4, -0.2) is 35.6 Å². The number of rotatable bonds is 5. The molecule has 0 radical (unpaired) electrons. The number of carbonyl (C=O) groups is 1. The molecule has 0 aliphatic carbocycles. The summed E-state index contributed by atoms with van der Waals surface area (Å²) in [5, 5.41) is 9.71. The van der Waals surface area contributed by atoms with Crippen LogP contribution in [0.1, 0.15) is 44.3 Å². The lowest BCUT2D eigenvalue weighted by molar-refractivity contribution is -0.134. The summed E-state index contributed by atoms with van der Waals surface area (Å²) < 4.78 is 5.52. The predicted molar refractivity (Wildman–Crippen MR) is 77.6 cm³/mol. The first-order valence-corrected chi connectivity index (χ1v) is 7.39. The third-order valence-electron chi connectivity index (χ3n) is 3.72. The molecule has 1 aromatic carbocycles. The van der Waals surface area contributed by atoms with Crippen molar-refractivity contribution in [3.05, 3.63) is 29.8 Å². The van der Waals surface area contributed by atoms with E-state index in [1.807, 2.05) is 24.0 Å².